The van der Waals surface area contributed by atoms with Gasteiger partial charge in [0, 0.05) is 17.3 Å². The number of carbonyl (C=O) groups is 1. The lowest BCUT2D eigenvalue weighted by molar-refractivity contribution is -0.116. The lowest BCUT2D eigenvalue weighted by Crippen LogP contribution is -2.01. The third-order valence-electron chi connectivity index (χ3n) is 1.79. The van der Waals surface area contributed by atoms with E-state index in [-0.39, 0.29) is 11.6 Å². The molecule has 0 aromatic heterocycles. The molecular formula is C10H10BrFO. The van der Waals surface area contributed by atoms with Crippen molar-refractivity contribution in [3.8, 4) is 0 Å². The van der Waals surface area contributed by atoms with Crippen LogP contribution in [-0.4, -0.2) is 5.78 Å². The third-order valence-corrected chi connectivity index (χ3v) is 2.35. The van der Waals surface area contributed by atoms with Crippen molar-refractivity contribution >= 4 is 21.7 Å². The van der Waals surface area contributed by atoms with E-state index < -0.39 is 0 Å². The lowest BCUT2D eigenvalue weighted by Gasteiger charge is -2.05. The number of hydrogen-bond acceptors (Lipinski definition) is 1. The number of hydrogen-bond donors (Lipinski definition) is 0. The second-order valence-corrected chi connectivity index (χ2v) is 3.45. The zero-order valence-corrected chi connectivity index (χ0v) is 8.90. The van der Waals surface area contributed by atoms with Gasteiger partial charge < -0.3 is 0 Å². The molecule has 0 unspecified atom stereocenters. The standard InChI is InChI=1S/C10H10BrFO/c1-7(13)5-8-3-2-4-10(12)9(8)6-11/h2-4H,5-6H2,1H3. The van der Waals surface area contributed by atoms with Crippen molar-refractivity contribution in [3.63, 3.8) is 0 Å². The van der Waals surface area contributed by atoms with Crippen LogP contribution >= 0.6 is 15.9 Å². The number of rotatable bonds is 3. The Bertz CT molecular complexity index is 323. The van der Waals surface area contributed by atoms with E-state index in [2.05, 4.69) is 15.9 Å². The maximum atomic E-state index is 13.2. The number of carbonyl (C=O) groups excluding carboxylic acids is 1. The number of ketones is 1. The van der Waals surface area contributed by atoms with Crippen molar-refractivity contribution in [3.05, 3.63) is 35.1 Å². The Kier molecular flexibility index (Phi) is 3.60. The molecule has 0 fully saturated rings. The summed E-state index contributed by atoms with van der Waals surface area (Å²) in [5.41, 5.74) is 1.35. The van der Waals surface area contributed by atoms with Gasteiger partial charge in [-0.2, -0.15) is 0 Å². The molecule has 0 heterocycles. The number of benzene rings is 1. The zero-order valence-electron chi connectivity index (χ0n) is 7.31. The molecule has 0 aliphatic carbocycles. The average molecular weight is 245 g/mol. The summed E-state index contributed by atoms with van der Waals surface area (Å²) in [6, 6.07) is 4.81. The highest BCUT2D eigenvalue weighted by Gasteiger charge is 2.07. The molecule has 0 saturated carbocycles. The van der Waals surface area contributed by atoms with E-state index in [1.807, 2.05) is 0 Å². The molecule has 0 saturated heterocycles. The van der Waals surface area contributed by atoms with Crippen LogP contribution in [0.25, 0.3) is 0 Å². The van der Waals surface area contributed by atoms with Crippen LogP contribution in [0.4, 0.5) is 4.39 Å². The van der Waals surface area contributed by atoms with Gasteiger partial charge in [0.2, 0.25) is 0 Å². The number of halogens is 2. The minimum atomic E-state index is -0.254. The first-order valence-electron chi connectivity index (χ1n) is 3.97. The largest absolute Gasteiger partial charge is 0.300 e. The van der Waals surface area contributed by atoms with E-state index in [9.17, 15) is 9.18 Å². The molecule has 1 aromatic carbocycles. The van der Waals surface area contributed by atoms with E-state index in [4.69, 9.17) is 0 Å². The fourth-order valence-corrected chi connectivity index (χ4v) is 1.81. The molecular weight excluding hydrogens is 235 g/mol. The van der Waals surface area contributed by atoms with E-state index in [1.165, 1.54) is 13.0 Å². The van der Waals surface area contributed by atoms with E-state index in [0.29, 0.717) is 17.3 Å². The molecule has 0 spiro atoms. The molecule has 0 amide bonds. The molecule has 0 N–H and O–H groups in total. The van der Waals surface area contributed by atoms with Gasteiger partial charge in [-0.1, -0.05) is 28.1 Å². The molecule has 1 rings (SSSR count). The van der Waals surface area contributed by atoms with Crippen molar-refractivity contribution in [2.75, 3.05) is 0 Å². The molecule has 3 heteroatoms. The molecule has 0 aliphatic heterocycles. The molecule has 1 nitrogen and oxygen atoms in total. The maximum absolute atomic E-state index is 13.2. The first kappa shape index (κ1) is 10.4. The van der Waals surface area contributed by atoms with Crippen molar-refractivity contribution in [2.45, 2.75) is 18.7 Å². The summed E-state index contributed by atoms with van der Waals surface area (Å²) < 4.78 is 13.2. The normalized spacial score (nSPS) is 10.1. The fraction of sp³-hybridized carbons (Fsp3) is 0.300. The number of Topliss-reactive ketones (excluding diaryl/α,β-unsaturated/α-hetero) is 1. The fourth-order valence-electron chi connectivity index (χ4n) is 1.19. The highest BCUT2D eigenvalue weighted by Crippen LogP contribution is 2.17. The minimum absolute atomic E-state index is 0.0489. The Hall–Kier alpha value is -0.700. The summed E-state index contributed by atoms with van der Waals surface area (Å²) >= 11 is 3.20. The third kappa shape index (κ3) is 2.62. The first-order chi connectivity index (χ1) is 6.15. The van der Waals surface area contributed by atoms with Crippen LogP contribution in [0.2, 0.25) is 0 Å². The quantitative estimate of drug-likeness (QED) is 0.748. The summed E-state index contributed by atoms with van der Waals surface area (Å²) in [7, 11) is 0. The Morgan fingerprint density at radius 3 is 2.77 bits per heavy atom. The van der Waals surface area contributed by atoms with Crippen molar-refractivity contribution in [1.29, 1.82) is 0 Å². The summed E-state index contributed by atoms with van der Waals surface area (Å²) in [4.78, 5) is 10.9. The molecule has 70 valence electrons. The molecule has 1 aromatic rings. The summed E-state index contributed by atoms with van der Waals surface area (Å²) in [5, 5.41) is 0.447. The van der Waals surface area contributed by atoms with Gasteiger partial charge in [0.05, 0.1) is 0 Å². The smallest absolute Gasteiger partial charge is 0.134 e. The second-order valence-electron chi connectivity index (χ2n) is 2.89. The summed E-state index contributed by atoms with van der Waals surface area (Å²) in [6.45, 7) is 1.50. The molecule has 13 heavy (non-hydrogen) atoms. The van der Waals surface area contributed by atoms with E-state index in [1.54, 1.807) is 12.1 Å². The van der Waals surface area contributed by atoms with Gasteiger partial charge in [-0.05, 0) is 18.6 Å². The van der Waals surface area contributed by atoms with Gasteiger partial charge in [0.15, 0.2) is 0 Å². The van der Waals surface area contributed by atoms with Gasteiger partial charge in [0.25, 0.3) is 0 Å². The first-order valence-corrected chi connectivity index (χ1v) is 5.09. The van der Waals surface area contributed by atoms with Gasteiger partial charge in [0.1, 0.15) is 11.6 Å². The Balaban J connectivity index is 3.05. The molecule has 0 atom stereocenters. The topological polar surface area (TPSA) is 17.1 Å². The van der Waals surface area contributed by atoms with Crippen LogP contribution in [0, 0.1) is 5.82 Å². The highest BCUT2D eigenvalue weighted by molar-refractivity contribution is 9.08. The molecule has 0 bridgehead atoms. The summed E-state index contributed by atoms with van der Waals surface area (Å²) in [6.07, 6.45) is 0.304. The number of alkyl halides is 1. The Morgan fingerprint density at radius 1 is 1.54 bits per heavy atom. The van der Waals surface area contributed by atoms with Crippen LogP contribution < -0.4 is 0 Å². The van der Waals surface area contributed by atoms with Gasteiger partial charge in [-0.15, -0.1) is 0 Å². The zero-order chi connectivity index (χ0) is 9.84. The van der Waals surface area contributed by atoms with Gasteiger partial charge in [-0.3, -0.25) is 4.79 Å². The van der Waals surface area contributed by atoms with Crippen molar-refractivity contribution in [1.82, 2.24) is 0 Å². The lowest BCUT2D eigenvalue weighted by atomic mass is 10.0. The maximum Gasteiger partial charge on any atom is 0.134 e. The van der Waals surface area contributed by atoms with Crippen molar-refractivity contribution < 1.29 is 9.18 Å². The summed E-state index contributed by atoms with van der Waals surface area (Å²) in [5.74, 6) is -0.205. The minimum Gasteiger partial charge on any atom is -0.300 e. The monoisotopic (exact) mass is 244 g/mol. The van der Waals surface area contributed by atoms with E-state index >= 15 is 0 Å². The molecule has 0 aliphatic rings. The van der Waals surface area contributed by atoms with Crippen molar-refractivity contribution in [2.24, 2.45) is 0 Å². The van der Waals surface area contributed by atoms with Crippen LogP contribution in [0.3, 0.4) is 0 Å². The van der Waals surface area contributed by atoms with Gasteiger partial charge in [-0.25, -0.2) is 4.39 Å². The van der Waals surface area contributed by atoms with Crippen LogP contribution in [0.1, 0.15) is 18.1 Å². The van der Waals surface area contributed by atoms with E-state index in [0.717, 1.165) is 5.56 Å². The SMILES string of the molecule is CC(=O)Cc1cccc(F)c1CBr. The Morgan fingerprint density at radius 2 is 2.23 bits per heavy atom. The second kappa shape index (κ2) is 4.51. The molecule has 0 radical (unpaired) electrons. The van der Waals surface area contributed by atoms with Crippen LogP contribution in [0.15, 0.2) is 18.2 Å². The average Bonchev–Trinajstić information content (AvgIpc) is 2.03. The predicted molar refractivity (Wildman–Crippen MR) is 53.4 cm³/mol. The Labute approximate surface area is 85.1 Å². The van der Waals surface area contributed by atoms with Crippen LogP contribution in [-0.2, 0) is 16.5 Å². The predicted octanol–water partition coefficient (Wildman–Crippen LogP) is 2.85. The highest BCUT2D eigenvalue weighted by atomic mass is 79.9. The van der Waals surface area contributed by atoms with Gasteiger partial charge >= 0.3 is 0 Å². The van der Waals surface area contributed by atoms with Crippen LogP contribution in [0.5, 0.6) is 0 Å².